The minimum Gasteiger partial charge on any atom is -0.487 e. The fraction of sp³-hybridized carbons (Fsp3) is 0.250. The molecule has 11 heteroatoms. The SMILES string of the molecule is CCc1oc(-c2ccc(F)cc2)nc1COc1ccc(C[C@H](N=C(C)CC(=O)c2ccc(C(F)(F)F)cc2)C(=O)O)cc1. The minimum atomic E-state index is -4.51. The van der Waals surface area contributed by atoms with E-state index in [4.69, 9.17) is 9.15 Å². The number of Topliss-reactive ketones (excluding diaryl/α,β-unsaturated/α-hetero) is 1. The maximum Gasteiger partial charge on any atom is 0.416 e. The van der Waals surface area contributed by atoms with Gasteiger partial charge in [-0.1, -0.05) is 31.2 Å². The zero-order valence-electron chi connectivity index (χ0n) is 23.3. The largest absolute Gasteiger partial charge is 0.487 e. The highest BCUT2D eigenvalue weighted by atomic mass is 19.4. The number of carbonyl (C=O) groups is 2. The van der Waals surface area contributed by atoms with Gasteiger partial charge in [0.25, 0.3) is 0 Å². The average Bonchev–Trinajstić information content (AvgIpc) is 3.39. The number of carboxylic acids is 1. The predicted octanol–water partition coefficient (Wildman–Crippen LogP) is 7.37. The Labute approximate surface area is 244 Å². The number of nitrogens with zero attached hydrogens (tertiary/aromatic N) is 2. The van der Waals surface area contributed by atoms with Crippen molar-refractivity contribution in [3.05, 3.63) is 107 Å². The van der Waals surface area contributed by atoms with Gasteiger partial charge in [0, 0.05) is 36.1 Å². The van der Waals surface area contributed by atoms with Crippen LogP contribution in [0.5, 0.6) is 5.75 Å². The first-order valence-electron chi connectivity index (χ1n) is 13.4. The van der Waals surface area contributed by atoms with E-state index in [9.17, 15) is 32.3 Å². The number of aryl methyl sites for hydroxylation is 1. The van der Waals surface area contributed by atoms with Gasteiger partial charge in [-0.25, -0.2) is 14.2 Å². The Kier molecular flexibility index (Phi) is 9.74. The van der Waals surface area contributed by atoms with E-state index in [1.54, 1.807) is 36.4 Å². The zero-order valence-corrected chi connectivity index (χ0v) is 23.3. The molecule has 1 atom stereocenters. The summed E-state index contributed by atoms with van der Waals surface area (Å²) in [6.45, 7) is 3.55. The number of halogens is 4. The molecule has 7 nitrogen and oxygen atoms in total. The number of aliphatic imine (C=N–C) groups is 1. The lowest BCUT2D eigenvalue weighted by Gasteiger charge is -2.11. The molecule has 0 bridgehead atoms. The molecule has 0 aliphatic rings. The topological polar surface area (TPSA) is 102 Å². The highest BCUT2D eigenvalue weighted by Gasteiger charge is 2.30. The third-order valence-corrected chi connectivity index (χ3v) is 6.53. The van der Waals surface area contributed by atoms with Gasteiger partial charge in [0.2, 0.25) is 5.89 Å². The van der Waals surface area contributed by atoms with E-state index in [2.05, 4.69) is 9.98 Å². The Bertz CT molecular complexity index is 1590. The number of carbonyl (C=O) groups excluding carboxylic acids is 1. The van der Waals surface area contributed by atoms with E-state index in [0.717, 1.165) is 24.3 Å². The molecule has 0 aliphatic carbocycles. The molecule has 1 heterocycles. The number of aliphatic carboxylic acids is 1. The lowest BCUT2D eigenvalue weighted by Crippen LogP contribution is -2.22. The highest BCUT2D eigenvalue weighted by molar-refractivity contribution is 6.09. The summed E-state index contributed by atoms with van der Waals surface area (Å²) in [5.74, 6) is -0.486. The quantitative estimate of drug-likeness (QED) is 0.104. The van der Waals surface area contributed by atoms with Crippen LogP contribution in [0.2, 0.25) is 0 Å². The van der Waals surface area contributed by atoms with Crippen LogP contribution in [0.3, 0.4) is 0 Å². The molecular formula is C32H28F4N2O5. The standard InChI is InChI=1S/C32H28F4N2O5/c1-3-29-27(38-30(43-29)22-8-12-24(33)13-9-22)18-42-25-14-4-20(5-15-25)17-26(31(40)41)37-19(2)16-28(39)21-6-10-23(11-7-21)32(34,35)36/h4-15,26H,3,16-18H2,1-2H3,(H,40,41)/t26-/m0/s1. The number of benzene rings is 3. The van der Waals surface area contributed by atoms with Crippen LogP contribution < -0.4 is 4.74 Å². The van der Waals surface area contributed by atoms with E-state index in [-0.39, 0.29) is 36.5 Å². The Morgan fingerprint density at radius 2 is 1.65 bits per heavy atom. The molecule has 43 heavy (non-hydrogen) atoms. The number of alkyl halides is 3. The lowest BCUT2D eigenvalue weighted by molar-refractivity contribution is -0.139. The smallest absolute Gasteiger partial charge is 0.416 e. The van der Waals surface area contributed by atoms with Crippen molar-refractivity contribution < 1.29 is 41.4 Å². The first kappa shape index (κ1) is 31.1. The van der Waals surface area contributed by atoms with Crippen molar-refractivity contribution in [1.29, 1.82) is 0 Å². The summed E-state index contributed by atoms with van der Waals surface area (Å²) in [4.78, 5) is 33.1. The molecule has 0 saturated heterocycles. The Morgan fingerprint density at radius 1 is 1.00 bits per heavy atom. The number of hydrogen-bond acceptors (Lipinski definition) is 6. The van der Waals surface area contributed by atoms with Crippen LogP contribution in [0.25, 0.3) is 11.5 Å². The summed E-state index contributed by atoms with van der Waals surface area (Å²) in [5, 5.41) is 9.70. The van der Waals surface area contributed by atoms with Crippen molar-refractivity contribution in [1.82, 2.24) is 4.98 Å². The van der Waals surface area contributed by atoms with Crippen molar-refractivity contribution in [3.63, 3.8) is 0 Å². The Morgan fingerprint density at radius 3 is 2.23 bits per heavy atom. The highest BCUT2D eigenvalue weighted by Crippen LogP contribution is 2.29. The summed E-state index contributed by atoms with van der Waals surface area (Å²) in [6, 6.07) is 15.3. The molecule has 0 saturated carbocycles. The second-order valence-electron chi connectivity index (χ2n) is 9.78. The Hall–Kier alpha value is -4.80. The fourth-order valence-electron chi connectivity index (χ4n) is 4.26. The molecule has 0 spiro atoms. The van der Waals surface area contributed by atoms with Gasteiger partial charge in [-0.3, -0.25) is 9.79 Å². The molecule has 3 aromatic carbocycles. The molecule has 0 unspecified atom stereocenters. The molecule has 1 N–H and O–H groups in total. The number of carboxylic acid groups (broad SMARTS) is 1. The van der Waals surface area contributed by atoms with Crippen molar-refractivity contribution in [3.8, 4) is 17.2 Å². The minimum absolute atomic E-state index is 0.0473. The molecule has 0 amide bonds. The van der Waals surface area contributed by atoms with Gasteiger partial charge in [-0.05, 0) is 61.0 Å². The maximum atomic E-state index is 13.3. The fourth-order valence-corrected chi connectivity index (χ4v) is 4.26. The predicted molar refractivity (Wildman–Crippen MR) is 151 cm³/mol. The summed E-state index contributed by atoms with van der Waals surface area (Å²) in [5.41, 5.74) is 1.37. The van der Waals surface area contributed by atoms with Gasteiger partial charge in [-0.15, -0.1) is 0 Å². The molecule has 0 fully saturated rings. The number of rotatable bonds is 12. The van der Waals surface area contributed by atoms with Gasteiger partial charge >= 0.3 is 12.1 Å². The molecule has 4 aromatic rings. The van der Waals surface area contributed by atoms with Gasteiger partial charge < -0.3 is 14.3 Å². The van der Waals surface area contributed by atoms with Crippen LogP contribution >= 0.6 is 0 Å². The molecule has 0 aliphatic heterocycles. The Balaban J connectivity index is 1.36. The van der Waals surface area contributed by atoms with Crippen LogP contribution in [0.4, 0.5) is 17.6 Å². The molecular weight excluding hydrogens is 568 g/mol. The third-order valence-electron chi connectivity index (χ3n) is 6.53. The number of hydrogen-bond donors (Lipinski definition) is 1. The van der Waals surface area contributed by atoms with Crippen molar-refractivity contribution in [2.45, 2.75) is 51.9 Å². The first-order chi connectivity index (χ1) is 20.4. The zero-order chi connectivity index (χ0) is 31.1. The monoisotopic (exact) mass is 596 g/mol. The third kappa shape index (κ3) is 8.37. The summed E-state index contributed by atoms with van der Waals surface area (Å²) in [6.07, 6.45) is -4.11. The molecule has 1 aromatic heterocycles. The lowest BCUT2D eigenvalue weighted by atomic mass is 10.0. The molecule has 0 radical (unpaired) electrons. The average molecular weight is 597 g/mol. The second kappa shape index (κ2) is 13.5. The van der Waals surface area contributed by atoms with Gasteiger partial charge in [-0.2, -0.15) is 13.2 Å². The second-order valence-corrected chi connectivity index (χ2v) is 9.78. The van der Waals surface area contributed by atoms with Crippen LogP contribution in [-0.2, 0) is 30.4 Å². The number of ether oxygens (including phenoxy) is 1. The van der Waals surface area contributed by atoms with Gasteiger partial charge in [0.05, 0.1) is 5.56 Å². The van der Waals surface area contributed by atoms with Crippen LogP contribution in [-0.4, -0.2) is 33.6 Å². The summed E-state index contributed by atoms with van der Waals surface area (Å²) >= 11 is 0. The van der Waals surface area contributed by atoms with Crippen LogP contribution in [0.15, 0.2) is 82.2 Å². The number of aromatic nitrogens is 1. The molecule has 4 rings (SSSR count). The van der Waals surface area contributed by atoms with Crippen molar-refractivity contribution in [2.75, 3.05) is 0 Å². The van der Waals surface area contributed by atoms with Gasteiger partial charge in [0.1, 0.15) is 29.6 Å². The normalized spacial score (nSPS) is 12.7. The first-order valence-corrected chi connectivity index (χ1v) is 13.4. The van der Waals surface area contributed by atoms with E-state index in [1.165, 1.54) is 19.1 Å². The van der Waals surface area contributed by atoms with Crippen LogP contribution in [0.1, 0.15) is 53.2 Å². The van der Waals surface area contributed by atoms with E-state index in [0.29, 0.717) is 40.6 Å². The van der Waals surface area contributed by atoms with Crippen molar-refractivity contribution in [2.24, 2.45) is 4.99 Å². The van der Waals surface area contributed by atoms with E-state index in [1.807, 2.05) is 6.92 Å². The van der Waals surface area contributed by atoms with Crippen molar-refractivity contribution >= 4 is 17.5 Å². The van der Waals surface area contributed by atoms with Gasteiger partial charge in [0.15, 0.2) is 11.8 Å². The maximum absolute atomic E-state index is 13.3. The van der Waals surface area contributed by atoms with Crippen LogP contribution in [0, 0.1) is 5.82 Å². The van der Waals surface area contributed by atoms with E-state index < -0.39 is 29.5 Å². The summed E-state index contributed by atoms with van der Waals surface area (Å²) in [7, 11) is 0. The molecule has 224 valence electrons. The number of ketones is 1. The summed E-state index contributed by atoms with van der Waals surface area (Å²) < 4.78 is 63.2. The van der Waals surface area contributed by atoms with E-state index >= 15 is 0 Å². The number of oxazole rings is 1.